The molecule has 10 heteroatoms. The van der Waals surface area contributed by atoms with Crippen molar-refractivity contribution < 1.29 is 22.8 Å². The van der Waals surface area contributed by atoms with Crippen molar-refractivity contribution in [2.75, 3.05) is 65.6 Å². The van der Waals surface area contributed by atoms with E-state index in [2.05, 4.69) is 15.0 Å². The Hall–Kier alpha value is -1.04. The molecule has 0 aliphatic carbocycles. The van der Waals surface area contributed by atoms with E-state index in [1.165, 1.54) is 4.31 Å². The highest BCUT2D eigenvalue weighted by Crippen LogP contribution is 2.24. The predicted molar refractivity (Wildman–Crippen MR) is 94.4 cm³/mol. The van der Waals surface area contributed by atoms with Crippen molar-refractivity contribution in [1.29, 1.82) is 0 Å². The van der Waals surface area contributed by atoms with Gasteiger partial charge >= 0.3 is 0 Å². The maximum absolute atomic E-state index is 12.8. The number of aryl methyl sites for hydroxylation is 2. The number of ether oxygens (including phenoxy) is 1. The van der Waals surface area contributed by atoms with E-state index in [9.17, 15) is 13.5 Å². The Kier molecular flexibility index (Phi) is 6.31. The molecular formula is C16H28N4O5S. The van der Waals surface area contributed by atoms with Gasteiger partial charge in [-0.05, 0) is 13.8 Å². The lowest BCUT2D eigenvalue weighted by Crippen LogP contribution is -2.52. The summed E-state index contributed by atoms with van der Waals surface area (Å²) in [6, 6.07) is 0. The average molecular weight is 388 g/mol. The van der Waals surface area contributed by atoms with Crippen LogP contribution in [-0.2, 0) is 14.8 Å². The second kappa shape index (κ2) is 8.32. The van der Waals surface area contributed by atoms with Gasteiger partial charge in [0.2, 0.25) is 10.0 Å². The largest absolute Gasteiger partial charge is 0.390 e. The van der Waals surface area contributed by atoms with Crippen molar-refractivity contribution in [3.8, 4) is 0 Å². The first-order chi connectivity index (χ1) is 12.4. The molecule has 26 heavy (non-hydrogen) atoms. The molecule has 3 heterocycles. The van der Waals surface area contributed by atoms with Crippen LogP contribution in [0.4, 0.5) is 0 Å². The smallest absolute Gasteiger partial charge is 0.248 e. The normalized spacial score (nSPS) is 22.6. The third kappa shape index (κ3) is 4.44. The Morgan fingerprint density at radius 1 is 1.04 bits per heavy atom. The van der Waals surface area contributed by atoms with Crippen molar-refractivity contribution in [2.45, 2.75) is 24.8 Å². The molecule has 2 aliphatic rings. The van der Waals surface area contributed by atoms with Crippen LogP contribution >= 0.6 is 0 Å². The number of nitrogens with zero attached hydrogens (tertiary/aromatic N) is 4. The molecular weight excluding hydrogens is 360 g/mol. The van der Waals surface area contributed by atoms with E-state index in [1.54, 1.807) is 13.8 Å². The quantitative estimate of drug-likeness (QED) is 0.682. The molecule has 0 aromatic carbocycles. The molecule has 1 aromatic rings. The van der Waals surface area contributed by atoms with E-state index in [-0.39, 0.29) is 4.90 Å². The summed E-state index contributed by atoms with van der Waals surface area (Å²) in [5.74, 6) is 0.325. The van der Waals surface area contributed by atoms with Crippen LogP contribution in [0.15, 0.2) is 9.42 Å². The number of rotatable bonds is 6. The molecule has 1 unspecified atom stereocenters. The molecule has 0 bridgehead atoms. The summed E-state index contributed by atoms with van der Waals surface area (Å²) in [5, 5.41) is 14.1. The monoisotopic (exact) mass is 388 g/mol. The minimum absolute atomic E-state index is 0.179. The van der Waals surface area contributed by atoms with Crippen molar-refractivity contribution in [3.05, 3.63) is 11.5 Å². The first kappa shape index (κ1) is 19.7. The van der Waals surface area contributed by atoms with Gasteiger partial charge in [-0.1, -0.05) is 5.16 Å². The standard InChI is InChI=1S/C16H28N4O5S/c1-13-16(14(2)25-17-13)26(22,23)20-5-3-18(4-6-20)11-15(21)12-19-7-9-24-10-8-19/h15,21H,3-12H2,1-2H3. The Balaban J connectivity index is 1.51. The summed E-state index contributed by atoms with van der Waals surface area (Å²) in [6.45, 7) is 9.56. The Bertz CT molecular complexity index is 674. The van der Waals surface area contributed by atoms with Gasteiger partial charge in [0, 0.05) is 52.4 Å². The minimum atomic E-state index is -3.59. The van der Waals surface area contributed by atoms with Crippen LogP contribution in [0.5, 0.6) is 0 Å². The van der Waals surface area contributed by atoms with Crippen LogP contribution in [0.2, 0.25) is 0 Å². The third-order valence-electron chi connectivity index (χ3n) is 4.94. The number of aromatic nitrogens is 1. The topological polar surface area (TPSA) is 99.4 Å². The SMILES string of the molecule is Cc1noc(C)c1S(=O)(=O)N1CCN(CC(O)CN2CCOCC2)CC1. The number of aliphatic hydroxyl groups is 1. The van der Waals surface area contributed by atoms with Crippen LogP contribution in [0.25, 0.3) is 0 Å². The summed E-state index contributed by atoms with van der Waals surface area (Å²) in [4.78, 5) is 4.50. The first-order valence-corrected chi connectivity index (χ1v) is 10.5. The summed E-state index contributed by atoms with van der Waals surface area (Å²) in [7, 11) is -3.59. The fourth-order valence-electron chi connectivity index (χ4n) is 3.56. The highest BCUT2D eigenvalue weighted by Gasteiger charge is 2.33. The molecule has 0 radical (unpaired) electrons. The molecule has 0 amide bonds. The number of β-amino-alcohol motifs (C(OH)–C–C–N with tert-alkyl or cyclic N) is 1. The van der Waals surface area contributed by atoms with Gasteiger partial charge in [0.05, 0.1) is 19.3 Å². The second-order valence-electron chi connectivity index (χ2n) is 6.92. The number of sulfonamides is 1. The molecule has 0 spiro atoms. The maximum atomic E-state index is 12.8. The molecule has 9 nitrogen and oxygen atoms in total. The Morgan fingerprint density at radius 2 is 1.62 bits per heavy atom. The molecule has 2 fully saturated rings. The van der Waals surface area contributed by atoms with Crippen LogP contribution in [-0.4, -0.2) is 104 Å². The number of piperazine rings is 1. The molecule has 1 aromatic heterocycles. The number of hydrogen-bond acceptors (Lipinski definition) is 8. The maximum Gasteiger partial charge on any atom is 0.248 e. The predicted octanol–water partition coefficient (Wildman–Crippen LogP) is -0.709. The van der Waals surface area contributed by atoms with Gasteiger partial charge in [-0.2, -0.15) is 4.31 Å². The van der Waals surface area contributed by atoms with Crippen molar-refractivity contribution in [1.82, 2.24) is 19.3 Å². The lowest BCUT2D eigenvalue weighted by atomic mass is 10.2. The second-order valence-corrected chi connectivity index (χ2v) is 8.80. The van der Waals surface area contributed by atoms with Crippen LogP contribution in [0.3, 0.4) is 0 Å². The van der Waals surface area contributed by atoms with Crippen LogP contribution < -0.4 is 0 Å². The molecule has 148 valence electrons. The van der Waals surface area contributed by atoms with Gasteiger partial charge < -0.3 is 14.4 Å². The Labute approximate surface area is 154 Å². The van der Waals surface area contributed by atoms with E-state index in [0.717, 1.165) is 13.1 Å². The van der Waals surface area contributed by atoms with E-state index in [0.29, 0.717) is 63.9 Å². The Morgan fingerprint density at radius 3 is 2.15 bits per heavy atom. The molecule has 2 aliphatic heterocycles. The van der Waals surface area contributed by atoms with Gasteiger partial charge in [0.15, 0.2) is 5.76 Å². The van der Waals surface area contributed by atoms with Crippen molar-refractivity contribution >= 4 is 10.0 Å². The van der Waals surface area contributed by atoms with E-state index < -0.39 is 16.1 Å². The molecule has 1 N–H and O–H groups in total. The number of hydrogen-bond donors (Lipinski definition) is 1. The molecule has 1 atom stereocenters. The first-order valence-electron chi connectivity index (χ1n) is 9.01. The van der Waals surface area contributed by atoms with Gasteiger partial charge in [-0.15, -0.1) is 0 Å². The van der Waals surface area contributed by atoms with Gasteiger partial charge in [0.1, 0.15) is 10.6 Å². The van der Waals surface area contributed by atoms with E-state index in [1.807, 2.05) is 0 Å². The van der Waals surface area contributed by atoms with Crippen LogP contribution in [0.1, 0.15) is 11.5 Å². The summed E-state index contributed by atoms with van der Waals surface area (Å²) in [5.41, 5.74) is 0.394. The molecule has 0 saturated carbocycles. The molecule has 3 rings (SSSR count). The van der Waals surface area contributed by atoms with E-state index in [4.69, 9.17) is 9.26 Å². The van der Waals surface area contributed by atoms with Crippen LogP contribution in [0, 0.1) is 13.8 Å². The van der Waals surface area contributed by atoms with Gasteiger partial charge in [0.25, 0.3) is 0 Å². The summed E-state index contributed by atoms with van der Waals surface area (Å²) >= 11 is 0. The summed E-state index contributed by atoms with van der Waals surface area (Å²) in [6.07, 6.45) is -0.446. The zero-order chi connectivity index (χ0) is 18.7. The lowest BCUT2D eigenvalue weighted by Gasteiger charge is -2.36. The highest BCUT2D eigenvalue weighted by molar-refractivity contribution is 7.89. The zero-order valence-electron chi connectivity index (χ0n) is 15.4. The van der Waals surface area contributed by atoms with E-state index >= 15 is 0 Å². The fourth-order valence-corrected chi connectivity index (χ4v) is 5.28. The lowest BCUT2D eigenvalue weighted by molar-refractivity contribution is 0.00469. The number of aliphatic hydroxyl groups excluding tert-OH is 1. The van der Waals surface area contributed by atoms with Crippen molar-refractivity contribution in [2.24, 2.45) is 0 Å². The fraction of sp³-hybridized carbons (Fsp3) is 0.812. The molecule has 2 saturated heterocycles. The zero-order valence-corrected chi connectivity index (χ0v) is 16.2. The third-order valence-corrected chi connectivity index (χ3v) is 7.08. The summed E-state index contributed by atoms with van der Waals surface area (Å²) < 4.78 is 37.4. The van der Waals surface area contributed by atoms with Crippen molar-refractivity contribution in [3.63, 3.8) is 0 Å². The van der Waals surface area contributed by atoms with Gasteiger partial charge in [-0.3, -0.25) is 9.80 Å². The minimum Gasteiger partial charge on any atom is -0.390 e. The average Bonchev–Trinajstić information content (AvgIpc) is 2.95. The highest BCUT2D eigenvalue weighted by atomic mass is 32.2. The number of morpholine rings is 1. The van der Waals surface area contributed by atoms with Gasteiger partial charge in [-0.25, -0.2) is 8.42 Å².